The van der Waals surface area contributed by atoms with Gasteiger partial charge < -0.3 is 5.32 Å². The Morgan fingerprint density at radius 1 is 1.08 bits per heavy atom. The molecule has 0 atom stereocenters. The van der Waals surface area contributed by atoms with Gasteiger partial charge in [-0.15, -0.1) is 0 Å². The zero-order valence-electron chi connectivity index (χ0n) is 13.6. The summed E-state index contributed by atoms with van der Waals surface area (Å²) in [7, 11) is 0. The molecule has 122 valence electrons. The van der Waals surface area contributed by atoms with Gasteiger partial charge in [0.1, 0.15) is 5.82 Å². The van der Waals surface area contributed by atoms with Crippen molar-refractivity contribution in [3.63, 3.8) is 0 Å². The quantitative estimate of drug-likeness (QED) is 0.717. The van der Waals surface area contributed by atoms with Crippen LogP contribution in [0.15, 0.2) is 59.2 Å². The van der Waals surface area contributed by atoms with Crippen LogP contribution in [0.4, 0.5) is 5.82 Å². The third-order valence-corrected chi connectivity index (χ3v) is 4.22. The molecule has 0 aliphatic heterocycles. The van der Waals surface area contributed by atoms with Crippen LogP contribution in [-0.2, 0) is 6.54 Å². The molecule has 0 aliphatic rings. The largest absolute Gasteiger partial charge is 0.307 e. The summed E-state index contributed by atoms with van der Waals surface area (Å²) in [4.78, 5) is 12.5. The Morgan fingerprint density at radius 3 is 2.42 bits per heavy atom. The molecule has 0 fully saturated rings. The Kier molecular flexibility index (Phi) is 4.81. The second-order valence-corrected chi connectivity index (χ2v) is 6.75. The number of carbonyl (C=O) groups is 1. The van der Waals surface area contributed by atoms with Crippen LogP contribution in [0.3, 0.4) is 0 Å². The zero-order chi connectivity index (χ0) is 17.1. The molecular weight excluding hydrogens is 366 g/mol. The molecule has 3 aromatic rings. The highest BCUT2D eigenvalue weighted by atomic mass is 79.9. The first-order valence-corrected chi connectivity index (χ1v) is 8.46. The number of aryl methyl sites for hydroxylation is 2. The van der Waals surface area contributed by atoms with E-state index in [0.717, 1.165) is 21.2 Å². The van der Waals surface area contributed by atoms with Crippen LogP contribution in [0, 0.1) is 13.8 Å². The van der Waals surface area contributed by atoms with Gasteiger partial charge in [-0.3, -0.25) is 4.79 Å². The van der Waals surface area contributed by atoms with E-state index in [-0.39, 0.29) is 5.91 Å². The highest BCUT2D eigenvalue weighted by Crippen LogP contribution is 2.16. The summed E-state index contributed by atoms with van der Waals surface area (Å²) >= 11 is 3.43. The van der Waals surface area contributed by atoms with Gasteiger partial charge in [-0.25, -0.2) is 4.68 Å². The van der Waals surface area contributed by atoms with Crippen LogP contribution in [-0.4, -0.2) is 15.7 Å². The van der Waals surface area contributed by atoms with Crippen LogP contribution >= 0.6 is 15.9 Å². The minimum atomic E-state index is -0.126. The number of carbonyl (C=O) groups excluding carboxylic acids is 1. The van der Waals surface area contributed by atoms with Crippen molar-refractivity contribution in [3.05, 3.63) is 81.5 Å². The minimum Gasteiger partial charge on any atom is -0.307 e. The molecule has 0 saturated heterocycles. The van der Waals surface area contributed by atoms with E-state index in [4.69, 9.17) is 0 Å². The van der Waals surface area contributed by atoms with Crippen LogP contribution in [0.5, 0.6) is 0 Å². The number of hydrogen-bond acceptors (Lipinski definition) is 2. The van der Waals surface area contributed by atoms with Crippen LogP contribution < -0.4 is 5.32 Å². The van der Waals surface area contributed by atoms with E-state index >= 15 is 0 Å². The van der Waals surface area contributed by atoms with Crippen molar-refractivity contribution in [3.8, 4) is 0 Å². The molecule has 3 rings (SSSR count). The number of nitrogens with zero attached hydrogens (tertiary/aromatic N) is 2. The molecule has 0 radical (unpaired) electrons. The Balaban J connectivity index is 1.77. The molecule has 0 spiro atoms. The summed E-state index contributed by atoms with van der Waals surface area (Å²) < 4.78 is 2.82. The summed E-state index contributed by atoms with van der Waals surface area (Å²) in [6.45, 7) is 4.58. The molecule has 1 heterocycles. The van der Waals surface area contributed by atoms with E-state index in [0.29, 0.717) is 17.9 Å². The lowest BCUT2D eigenvalue weighted by atomic mass is 10.1. The fourth-order valence-electron chi connectivity index (χ4n) is 2.62. The fourth-order valence-corrected chi connectivity index (χ4v) is 2.89. The maximum Gasteiger partial charge on any atom is 0.256 e. The van der Waals surface area contributed by atoms with E-state index in [1.54, 1.807) is 16.9 Å². The van der Waals surface area contributed by atoms with Crippen LogP contribution in [0.1, 0.15) is 27.0 Å². The molecule has 0 bridgehead atoms. The minimum absolute atomic E-state index is 0.126. The third-order valence-electron chi connectivity index (χ3n) is 3.69. The summed E-state index contributed by atoms with van der Waals surface area (Å²) in [5.41, 5.74) is 3.92. The zero-order valence-corrected chi connectivity index (χ0v) is 15.2. The van der Waals surface area contributed by atoms with Gasteiger partial charge in [0.15, 0.2) is 0 Å². The molecule has 1 amide bonds. The van der Waals surface area contributed by atoms with E-state index in [2.05, 4.69) is 32.4 Å². The van der Waals surface area contributed by atoms with Gasteiger partial charge in [-0.2, -0.15) is 5.10 Å². The average Bonchev–Trinajstić information content (AvgIpc) is 2.95. The molecule has 0 unspecified atom stereocenters. The van der Waals surface area contributed by atoms with Crippen LogP contribution in [0.2, 0.25) is 0 Å². The molecule has 1 N–H and O–H groups in total. The summed E-state index contributed by atoms with van der Waals surface area (Å²) in [6, 6.07) is 15.7. The van der Waals surface area contributed by atoms with Gasteiger partial charge in [-0.05, 0) is 43.7 Å². The number of benzene rings is 2. The van der Waals surface area contributed by atoms with Gasteiger partial charge in [-0.1, -0.05) is 45.3 Å². The lowest BCUT2D eigenvalue weighted by molar-refractivity contribution is 0.102. The van der Waals surface area contributed by atoms with E-state index in [1.807, 2.05) is 50.2 Å². The molecule has 0 saturated carbocycles. The van der Waals surface area contributed by atoms with Crippen molar-refractivity contribution < 1.29 is 4.79 Å². The summed E-state index contributed by atoms with van der Waals surface area (Å²) in [5, 5.41) is 7.25. The number of rotatable bonds is 4. The number of hydrogen-bond donors (Lipinski definition) is 1. The van der Waals surface area contributed by atoms with Crippen molar-refractivity contribution in [2.45, 2.75) is 20.4 Å². The molecular formula is C19H18BrN3O. The Bertz CT molecular complexity index is 848. The fraction of sp³-hybridized carbons (Fsp3) is 0.158. The lowest BCUT2D eigenvalue weighted by Gasteiger charge is -2.10. The first-order chi connectivity index (χ1) is 11.5. The van der Waals surface area contributed by atoms with Gasteiger partial charge >= 0.3 is 0 Å². The summed E-state index contributed by atoms with van der Waals surface area (Å²) in [6.07, 6.45) is 1.69. The highest BCUT2D eigenvalue weighted by molar-refractivity contribution is 9.10. The molecule has 2 aromatic carbocycles. The second-order valence-electron chi connectivity index (χ2n) is 5.83. The predicted octanol–water partition coefficient (Wildman–Crippen LogP) is 4.56. The number of anilines is 1. The Morgan fingerprint density at radius 2 is 1.75 bits per heavy atom. The van der Waals surface area contributed by atoms with Gasteiger partial charge in [0.2, 0.25) is 0 Å². The first kappa shape index (κ1) is 16.5. The normalized spacial score (nSPS) is 10.6. The average molecular weight is 384 g/mol. The van der Waals surface area contributed by atoms with Crippen molar-refractivity contribution in [1.82, 2.24) is 9.78 Å². The van der Waals surface area contributed by atoms with Crippen molar-refractivity contribution in [2.75, 3.05) is 5.32 Å². The Hall–Kier alpha value is -2.40. The van der Waals surface area contributed by atoms with Crippen molar-refractivity contribution in [1.29, 1.82) is 0 Å². The second kappa shape index (κ2) is 7.01. The van der Waals surface area contributed by atoms with Crippen molar-refractivity contribution in [2.24, 2.45) is 0 Å². The van der Waals surface area contributed by atoms with Crippen LogP contribution in [0.25, 0.3) is 0 Å². The van der Waals surface area contributed by atoms with E-state index < -0.39 is 0 Å². The lowest BCUT2D eigenvalue weighted by Crippen LogP contribution is -2.16. The molecule has 4 nitrogen and oxygen atoms in total. The smallest absolute Gasteiger partial charge is 0.256 e. The maximum atomic E-state index is 12.5. The number of halogens is 1. The number of aromatic nitrogens is 2. The van der Waals surface area contributed by atoms with Gasteiger partial charge in [0, 0.05) is 16.1 Å². The number of amides is 1. The standard InChI is InChI=1S/C19H18BrN3O/c1-13-9-14(2)11-16(10-13)19(24)22-18-7-8-21-23(18)12-15-3-5-17(20)6-4-15/h3-11H,12H2,1-2H3,(H,22,24). The Labute approximate surface area is 149 Å². The molecule has 5 heteroatoms. The van der Waals surface area contributed by atoms with E-state index in [1.165, 1.54) is 0 Å². The summed E-state index contributed by atoms with van der Waals surface area (Å²) in [5.74, 6) is 0.557. The van der Waals surface area contributed by atoms with E-state index in [9.17, 15) is 4.79 Å². The van der Waals surface area contributed by atoms with Gasteiger partial charge in [0.25, 0.3) is 5.91 Å². The molecule has 1 aromatic heterocycles. The highest BCUT2D eigenvalue weighted by Gasteiger charge is 2.11. The SMILES string of the molecule is Cc1cc(C)cc(C(=O)Nc2ccnn2Cc2ccc(Br)cc2)c1. The monoisotopic (exact) mass is 383 g/mol. The third kappa shape index (κ3) is 3.92. The first-order valence-electron chi connectivity index (χ1n) is 7.67. The topological polar surface area (TPSA) is 46.9 Å². The van der Waals surface area contributed by atoms with Crippen molar-refractivity contribution >= 4 is 27.7 Å². The molecule has 0 aliphatic carbocycles. The molecule has 24 heavy (non-hydrogen) atoms. The predicted molar refractivity (Wildman–Crippen MR) is 99.3 cm³/mol. The van der Waals surface area contributed by atoms with Gasteiger partial charge in [0.05, 0.1) is 12.7 Å². The number of nitrogens with one attached hydrogen (secondary N) is 1. The maximum absolute atomic E-state index is 12.5.